The number of hydrogen-bond acceptors (Lipinski definition) is 6. The number of rotatable bonds is 4. The van der Waals surface area contributed by atoms with Gasteiger partial charge in [0.05, 0.1) is 18.6 Å². The van der Waals surface area contributed by atoms with E-state index in [1.54, 1.807) is 19.2 Å². The summed E-state index contributed by atoms with van der Waals surface area (Å²) in [7, 11) is 1.57. The summed E-state index contributed by atoms with van der Waals surface area (Å²) in [4.78, 5) is 59.2. The molecule has 10 nitrogen and oxygen atoms in total. The maximum Gasteiger partial charge on any atom is 0.308 e. The van der Waals surface area contributed by atoms with Gasteiger partial charge in [0.1, 0.15) is 17.8 Å². The van der Waals surface area contributed by atoms with Crippen molar-refractivity contribution in [3.05, 3.63) is 77.5 Å². The molecule has 2 heterocycles. The van der Waals surface area contributed by atoms with Gasteiger partial charge in [-0.25, -0.2) is 0 Å². The van der Waals surface area contributed by atoms with E-state index in [0.29, 0.717) is 31.2 Å². The summed E-state index contributed by atoms with van der Waals surface area (Å²) in [6, 6.07) is 11.4. The van der Waals surface area contributed by atoms with Crippen LogP contribution in [0.5, 0.6) is 5.75 Å². The van der Waals surface area contributed by atoms with Crippen LogP contribution in [0.15, 0.2) is 66.4 Å². The fraction of sp³-hybridized carbons (Fsp3) is 0.444. The Balaban J connectivity index is 1.73. The molecule has 0 saturated heterocycles. The highest BCUT2D eigenvalue weighted by atomic mass is 16.5. The minimum absolute atomic E-state index is 0.0512. The number of phenols is 1. The molecule has 3 amide bonds. The standard InChI is InChI=1S/C36H46N4O6/c1-6-29-36(45)40(5)32(19-26-21-37-30-13-8-7-12-28(26)30)35(44)39-31(25-14-16-27(41)17-15-25)20-33(42)46-24(4)11-9-10-22(2)18-23(3)34(43)38-29/h7-8,10,12-17,21,23-24,29,31-32,37,41H,6,9,11,18-20H2,1-5H3,(H,38,43)(H,39,44)/b22-10+/t23-,24-,29-,31+,32+/m0/s1. The molecule has 2 aromatic carbocycles. The minimum Gasteiger partial charge on any atom is -0.508 e. The third kappa shape index (κ3) is 8.77. The van der Waals surface area contributed by atoms with E-state index < -0.39 is 30.0 Å². The van der Waals surface area contributed by atoms with Crippen LogP contribution in [0, 0.1) is 5.92 Å². The second-order valence-electron chi connectivity index (χ2n) is 12.4. The van der Waals surface area contributed by atoms with Crippen LogP contribution in [0.1, 0.15) is 77.0 Å². The van der Waals surface area contributed by atoms with Gasteiger partial charge in [0.25, 0.3) is 0 Å². The highest BCUT2D eigenvalue weighted by molar-refractivity contribution is 5.93. The molecule has 46 heavy (non-hydrogen) atoms. The minimum atomic E-state index is -0.975. The van der Waals surface area contributed by atoms with E-state index in [1.807, 2.05) is 64.2 Å². The Hall–Kier alpha value is -4.60. The number of allylic oxidation sites excluding steroid dienone is 2. The number of phenolic OH excluding ortho intramolecular Hbond substituents is 1. The zero-order chi connectivity index (χ0) is 33.4. The SMILES string of the molecule is CC[C@@H]1NC(=O)[C@@H](C)C/C(C)=C/CC[C@H](C)OC(=O)C[C@H](c2ccc(O)cc2)NC(=O)[C@@H](Cc2c[nH]c3ccccc23)N(C)C1=O. The first-order chi connectivity index (χ1) is 22.0. The van der Waals surface area contributed by atoms with Crippen LogP contribution in [-0.2, 0) is 30.3 Å². The van der Waals surface area contributed by atoms with E-state index in [9.17, 15) is 24.3 Å². The lowest BCUT2D eigenvalue weighted by atomic mass is 9.98. The predicted octanol–water partition coefficient (Wildman–Crippen LogP) is 5.08. The van der Waals surface area contributed by atoms with Gasteiger partial charge >= 0.3 is 5.97 Å². The molecule has 0 aliphatic carbocycles. The van der Waals surface area contributed by atoms with E-state index in [-0.39, 0.29) is 42.4 Å². The van der Waals surface area contributed by atoms with E-state index in [1.165, 1.54) is 17.0 Å². The first-order valence-electron chi connectivity index (χ1n) is 16.0. The van der Waals surface area contributed by atoms with Gasteiger partial charge in [-0.3, -0.25) is 19.2 Å². The maximum atomic E-state index is 14.2. The second kappa shape index (κ2) is 15.6. The van der Waals surface area contributed by atoms with Crippen molar-refractivity contribution in [3.63, 3.8) is 0 Å². The van der Waals surface area contributed by atoms with Gasteiger partial charge < -0.3 is 30.4 Å². The molecule has 1 aromatic heterocycles. The number of hydrogen-bond donors (Lipinski definition) is 4. The van der Waals surface area contributed by atoms with Gasteiger partial charge in [-0.1, -0.05) is 55.8 Å². The van der Waals surface area contributed by atoms with Crippen molar-refractivity contribution < 1.29 is 29.0 Å². The number of fused-ring (bicyclic) bond motifs is 1. The van der Waals surface area contributed by atoms with Crippen LogP contribution < -0.4 is 10.6 Å². The summed E-state index contributed by atoms with van der Waals surface area (Å²) < 4.78 is 5.73. The van der Waals surface area contributed by atoms with Crippen molar-refractivity contribution in [1.82, 2.24) is 20.5 Å². The van der Waals surface area contributed by atoms with Crippen molar-refractivity contribution in [2.24, 2.45) is 5.92 Å². The number of benzene rings is 2. The van der Waals surface area contributed by atoms with Gasteiger partial charge in [-0.15, -0.1) is 0 Å². The molecule has 3 aromatic rings. The number of para-hydroxylation sites is 1. The smallest absolute Gasteiger partial charge is 0.308 e. The fourth-order valence-electron chi connectivity index (χ4n) is 5.91. The molecule has 1 aliphatic heterocycles. The van der Waals surface area contributed by atoms with Crippen molar-refractivity contribution in [1.29, 1.82) is 0 Å². The Labute approximate surface area is 270 Å². The first-order valence-corrected chi connectivity index (χ1v) is 16.0. The third-order valence-corrected chi connectivity index (χ3v) is 8.69. The van der Waals surface area contributed by atoms with Gasteiger partial charge in [0.15, 0.2) is 0 Å². The molecule has 0 bridgehead atoms. The zero-order valence-corrected chi connectivity index (χ0v) is 27.3. The Morgan fingerprint density at radius 3 is 2.39 bits per heavy atom. The van der Waals surface area contributed by atoms with E-state index in [2.05, 4.69) is 15.6 Å². The number of ether oxygens (including phenoxy) is 1. The van der Waals surface area contributed by atoms with Crippen LogP contribution in [0.25, 0.3) is 10.9 Å². The van der Waals surface area contributed by atoms with E-state index in [0.717, 1.165) is 22.0 Å². The lowest BCUT2D eigenvalue weighted by Crippen LogP contribution is -2.55. The number of amides is 3. The number of aromatic hydroxyl groups is 1. The van der Waals surface area contributed by atoms with Crippen molar-refractivity contribution in [2.45, 2.75) is 90.4 Å². The number of esters is 1. The molecule has 1 aliphatic rings. The number of carbonyl (C=O) groups excluding carboxylic acids is 4. The van der Waals surface area contributed by atoms with Crippen LogP contribution in [-0.4, -0.2) is 63.9 Å². The molecular weight excluding hydrogens is 584 g/mol. The van der Waals surface area contributed by atoms with Crippen molar-refractivity contribution >= 4 is 34.6 Å². The maximum absolute atomic E-state index is 14.2. The fourth-order valence-corrected chi connectivity index (χ4v) is 5.91. The molecule has 4 N–H and O–H groups in total. The molecule has 246 valence electrons. The van der Waals surface area contributed by atoms with Crippen molar-refractivity contribution in [3.8, 4) is 5.75 Å². The topological polar surface area (TPSA) is 141 Å². The normalized spacial score (nSPS) is 25.8. The predicted molar refractivity (Wildman–Crippen MR) is 177 cm³/mol. The summed E-state index contributed by atoms with van der Waals surface area (Å²) in [5.74, 6) is -1.87. The van der Waals surface area contributed by atoms with Gasteiger partial charge in [0.2, 0.25) is 17.7 Å². The lowest BCUT2D eigenvalue weighted by Gasteiger charge is -2.32. The summed E-state index contributed by atoms with van der Waals surface area (Å²) >= 11 is 0. The Kier molecular flexibility index (Phi) is 11.6. The summed E-state index contributed by atoms with van der Waals surface area (Å²) in [6.07, 6.45) is 5.71. The number of likely N-dealkylation sites (N-methyl/N-ethyl adjacent to an activating group) is 1. The molecule has 0 spiro atoms. The number of aromatic nitrogens is 1. The van der Waals surface area contributed by atoms with Crippen LogP contribution in [0.2, 0.25) is 0 Å². The zero-order valence-electron chi connectivity index (χ0n) is 27.3. The highest BCUT2D eigenvalue weighted by Crippen LogP contribution is 2.25. The first kappa shape index (κ1) is 34.3. The average molecular weight is 631 g/mol. The second-order valence-corrected chi connectivity index (χ2v) is 12.4. The molecule has 5 atom stereocenters. The number of H-pyrrole nitrogens is 1. The average Bonchev–Trinajstić information content (AvgIpc) is 3.43. The van der Waals surface area contributed by atoms with Crippen molar-refractivity contribution in [2.75, 3.05) is 7.05 Å². The number of nitrogens with zero attached hydrogens (tertiary/aromatic N) is 1. The Morgan fingerprint density at radius 2 is 1.67 bits per heavy atom. The number of nitrogens with one attached hydrogen (secondary N) is 3. The van der Waals surface area contributed by atoms with Gasteiger partial charge in [0, 0.05) is 36.5 Å². The quantitative estimate of drug-likeness (QED) is 0.234. The lowest BCUT2D eigenvalue weighted by molar-refractivity contribution is -0.149. The Bertz CT molecular complexity index is 1560. The largest absolute Gasteiger partial charge is 0.508 e. The van der Waals surface area contributed by atoms with Gasteiger partial charge in [-0.2, -0.15) is 0 Å². The molecule has 0 fully saturated rings. The number of cyclic esters (lactones) is 1. The molecular formula is C36H46N4O6. The highest BCUT2D eigenvalue weighted by Gasteiger charge is 2.34. The third-order valence-electron chi connectivity index (χ3n) is 8.69. The number of aromatic amines is 1. The van der Waals surface area contributed by atoms with E-state index >= 15 is 0 Å². The number of carbonyl (C=O) groups is 4. The molecule has 4 rings (SSSR count). The Morgan fingerprint density at radius 1 is 0.957 bits per heavy atom. The van der Waals surface area contributed by atoms with Gasteiger partial charge in [-0.05, 0) is 68.9 Å². The molecule has 0 unspecified atom stereocenters. The van der Waals surface area contributed by atoms with Crippen LogP contribution >= 0.6 is 0 Å². The monoisotopic (exact) mass is 630 g/mol. The summed E-state index contributed by atoms with van der Waals surface area (Å²) in [5, 5.41) is 16.8. The molecule has 0 radical (unpaired) electrons. The molecule has 10 heteroatoms. The molecule has 0 saturated carbocycles. The summed E-state index contributed by atoms with van der Waals surface area (Å²) in [6.45, 7) is 7.45. The van der Waals surface area contributed by atoms with E-state index in [4.69, 9.17) is 4.74 Å². The summed E-state index contributed by atoms with van der Waals surface area (Å²) in [5.41, 5.74) is 3.39. The van der Waals surface area contributed by atoms with Crippen LogP contribution in [0.4, 0.5) is 0 Å². The van der Waals surface area contributed by atoms with Crippen LogP contribution in [0.3, 0.4) is 0 Å².